The summed E-state index contributed by atoms with van der Waals surface area (Å²) in [5.41, 5.74) is 1.08. The molecule has 0 bridgehead atoms. The molecule has 26 heavy (non-hydrogen) atoms. The summed E-state index contributed by atoms with van der Waals surface area (Å²) in [6, 6.07) is 10.3. The van der Waals surface area contributed by atoms with Gasteiger partial charge < -0.3 is 10.2 Å². The van der Waals surface area contributed by atoms with E-state index in [0.29, 0.717) is 12.5 Å². The SMILES string of the molecule is O=S(=O)(CCc1ccccc1)C[C@@H]1CCCN1C(=S)NC1CCCCC1. The number of likely N-dealkylation sites (tertiary alicyclic amines) is 1. The van der Waals surface area contributed by atoms with Gasteiger partial charge in [-0.15, -0.1) is 0 Å². The van der Waals surface area contributed by atoms with Gasteiger partial charge in [-0.3, -0.25) is 0 Å². The molecule has 2 aliphatic rings. The molecule has 2 fully saturated rings. The quantitative estimate of drug-likeness (QED) is 0.750. The number of sulfone groups is 1. The Balaban J connectivity index is 1.52. The van der Waals surface area contributed by atoms with Gasteiger partial charge in [-0.1, -0.05) is 49.6 Å². The number of nitrogens with one attached hydrogen (secondary N) is 1. The highest BCUT2D eigenvalue weighted by molar-refractivity contribution is 7.91. The fourth-order valence-electron chi connectivity index (χ4n) is 4.08. The Morgan fingerprint density at radius 1 is 1.08 bits per heavy atom. The second kappa shape index (κ2) is 9.18. The number of nitrogens with zero attached hydrogens (tertiary/aromatic N) is 1. The molecule has 1 atom stereocenters. The van der Waals surface area contributed by atoms with Crippen molar-refractivity contribution in [1.29, 1.82) is 0 Å². The van der Waals surface area contributed by atoms with E-state index >= 15 is 0 Å². The molecule has 0 radical (unpaired) electrons. The third kappa shape index (κ3) is 5.68. The van der Waals surface area contributed by atoms with E-state index in [1.807, 2.05) is 30.3 Å². The van der Waals surface area contributed by atoms with Crippen molar-refractivity contribution in [3.8, 4) is 0 Å². The average Bonchev–Trinajstić information content (AvgIpc) is 3.09. The minimum absolute atomic E-state index is 0.0272. The molecule has 0 amide bonds. The van der Waals surface area contributed by atoms with Crippen LogP contribution in [0.4, 0.5) is 0 Å². The lowest BCUT2D eigenvalue weighted by atomic mass is 9.96. The van der Waals surface area contributed by atoms with Gasteiger partial charge in [-0.2, -0.15) is 0 Å². The summed E-state index contributed by atoms with van der Waals surface area (Å²) in [4.78, 5) is 2.13. The maximum absolute atomic E-state index is 12.6. The van der Waals surface area contributed by atoms with E-state index in [1.165, 1.54) is 32.1 Å². The third-order valence-electron chi connectivity index (χ3n) is 5.56. The van der Waals surface area contributed by atoms with Gasteiger partial charge in [-0.05, 0) is 49.9 Å². The van der Waals surface area contributed by atoms with Crippen molar-refractivity contribution in [2.45, 2.75) is 63.5 Å². The first kappa shape index (κ1) is 19.6. The molecule has 6 heteroatoms. The van der Waals surface area contributed by atoms with Crippen molar-refractivity contribution in [2.75, 3.05) is 18.1 Å². The Bertz CT molecular complexity index is 685. The summed E-state index contributed by atoms with van der Waals surface area (Å²) in [6.07, 6.45) is 8.71. The zero-order valence-electron chi connectivity index (χ0n) is 15.4. The molecule has 1 aliphatic carbocycles. The first-order valence-electron chi connectivity index (χ1n) is 9.85. The highest BCUT2D eigenvalue weighted by atomic mass is 32.2. The molecule has 1 aromatic carbocycles. The standard InChI is InChI=1S/C20H30N2O2S2/c23-26(24,15-13-17-8-3-1-4-9-17)16-19-12-7-14-22(19)20(25)21-18-10-5-2-6-11-18/h1,3-4,8-9,18-19H,2,5-7,10-16H2,(H,21,25)/t19-/m0/s1. The van der Waals surface area contributed by atoms with E-state index in [-0.39, 0.29) is 17.5 Å². The van der Waals surface area contributed by atoms with Gasteiger partial charge in [0.1, 0.15) is 0 Å². The van der Waals surface area contributed by atoms with E-state index < -0.39 is 9.84 Å². The van der Waals surface area contributed by atoms with Crippen LogP contribution in [0.3, 0.4) is 0 Å². The summed E-state index contributed by atoms with van der Waals surface area (Å²) < 4.78 is 25.3. The van der Waals surface area contributed by atoms with Crippen LogP contribution in [0.5, 0.6) is 0 Å². The number of hydrogen-bond donors (Lipinski definition) is 1. The van der Waals surface area contributed by atoms with Gasteiger partial charge >= 0.3 is 0 Å². The number of hydrogen-bond acceptors (Lipinski definition) is 3. The number of benzene rings is 1. The summed E-state index contributed by atoms with van der Waals surface area (Å²) in [5, 5.41) is 4.26. The Hall–Kier alpha value is -1.14. The molecule has 3 rings (SSSR count). The van der Waals surface area contributed by atoms with Gasteiger partial charge in [0.05, 0.1) is 11.5 Å². The van der Waals surface area contributed by atoms with E-state index in [0.717, 1.165) is 30.1 Å². The summed E-state index contributed by atoms with van der Waals surface area (Å²) >= 11 is 5.62. The monoisotopic (exact) mass is 394 g/mol. The first-order valence-corrected chi connectivity index (χ1v) is 12.1. The summed E-state index contributed by atoms with van der Waals surface area (Å²) in [6.45, 7) is 0.872. The number of aryl methyl sites for hydroxylation is 1. The van der Waals surface area contributed by atoms with Crippen molar-refractivity contribution >= 4 is 27.2 Å². The number of thiocarbonyl (C=S) groups is 1. The Morgan fingerprint density at radius 3 is 2.54 bits per heavy atom. The maximum atomic E-state index is 12.6. The van der Waals surface area contributed by atoms with Crippen molar-refractivity contribution < 1.29 is 8.42 Å². The van der Waals surface area contributed by atoms with Crippen LogP contribution in [0, 0.1) is 0 Å². The van der Waals surface area contributed by atoms with Crippen LogP contribution in [-0.4, -0.2) is 48.6 Å². The van der Waals surface area contributed by atoms with Gasteiger partial charge in [0, 0.05) is 18.6 Å². The van der Waals surface area contributed by atoms with Crippen LogP contribution in [0.25, 0.3) is 0 Å². The molecule has 144 valence electrons. The second-order valence-corrected chi connectivity index (χ2v) is 10.2. The Morgan fingerprint density at radius 2 is 1.81 bits per heavy atom. The predicted molar refractivity (Wildman–Crippen MR) is 111 cm³/mol. The topological polar surface area (TPSA) is 49.4 Å². The van der Waals surface area contributed by atoms with E-state index in [9.17, 15) is 8.42 Å². The van der Waals surface area contributed by atoms with Crippen LogP contribution in [0.2, 0.25) is 0 Å². The van der Waals surface area contributed by atoms with E-state index in [1.54, 1.807) is 0 Å². The normalized spacial score (nSPS) is 21.7. The molecule has 1 saturated heterocycles. The van der Waals surface area contributed by atoms with Crippen molar-refractivity contribution in [2.24, 2.45) is 0 Å². The molecular formula is C20H30N2O2S2. The molecule has 1 aliphatic heterocycles. The van der Waals surface area contributed by atoms with E-state index in [4.69, 9.17) is 12.2 Å². The summed E-state index contributed by atoms with van der Waals surface area (Å²) in [5.74, 6) is 0.427. The molecule has 4 nitrogen and oxygen atoms in total. The van der Waals surface area contributed by atoms with Gasteiger partial charge in [0.2, 0.25) is 0 Å². The third-order valence-corrected chi connectivity index (χ3v) is 7.63. The molecular weight excluding hydrogens is 364 g/mol. The maximum Gasteiger partial charge on any atom is 0.169 e. The molecule has 0 spiro atoms. The van der Waals surface area contributed by atoms with Gasteiger partial charge in [-0.25, -0.2) is 8.42 Å². The predicted octanol–water partition coefficient (Wildman–Crippen LogP) is 3.32. The first-order chi connectivity index (χ1) is 12.5. The Labute approximate surface area is 163 Å². The second-order valence-electron chi connectivity index (χ2n) is 7.62. The van der Waals surface area contributed by atoms with Crippen LogP contribution in [0.15, 0.2) is 30.3 Å². The fourth-order valence-corrected chi connectivity index (χ4v) is 6.13. The largest absolute Gasteiger partial charge is 0.360 e. The van der Waals surface area contributed by atoms with Crippen LogP contribution < -0.4 is 5.32 Å². The minimum atomic E-state index is -3.09. The smallest absolute Gasteiger partial charge is 0.169 e. The molecule has 1 aromatic rings. The Kier molecular flexibility index (Phi) is 6.92. The van der Waals surface area contributed by atoms with Crippen molar-refractivity contribution in [3.05, 3.63) is 35.9 Å². The van der Waals surface area contributed by atoms with Crippen LogP contribution in [-0.2, 0) is 16.3 Å². The van der Waals surface area contributed by atoms with Gasteiger partial charge in [0.15, 0.2) is 14.9 Å². The van der Waals surface area contributed by atoms with Crippen molar-refractivity contribution in [1.82, 2.24) is 10.2 Å². The van der Waals surface area contributed by atoms with Crippen LogP contribution >= 0.6 is 12.2 Å². The zero-order chi connectivity index (χ0) is 18.4. The number of rotatable bonds is 6. The van der Waals surface area contributed by atoms with E-state index in [2.05, 4.69) is 10.2 Å². The zero-order valence-corrected chi connectivity index (χ0v) is 17.0. The molecule has 1 N–H and O–H groups in total. The van der Waals surface area contributed by atoms with Crippen LogP contribution in [0.1, 0.15) is 50.5 Å². The lowest BCUT2D eigenvalue weighted by molar-refractivity contribution is 0.368. The van der Waals surface area contributed by atoms with Gasteiger partial charge in [0.25, 0.3) is 0 Å². The molecule has 1 heterocycles. The average molecular weight is 395 g/mol. The highest BCUT2D eigenvalue weighted by Gasteiger charge is 2.31. The molecule has 1 saturated carbocycles. The minimum Gasteiger partial charge on any atom is -0.360 e. The summed E-state index contributed by atoms with van der Waals surface area (Å²) in [7, 11) is -3.09. The highest BCUT2D eigenvalue weighted by Crippen LogP contribution is 2.22. The lowest BCUT2D eigenvalue weighted by Crippen LogP contribution is -2.49. The molecule has 0 unspecified atom stereocenters. The van der Waals surface area contributed by atoms with Crippen molar-refractivity contribution in [3.63, 3.8) is 0 Å². The molecule has 0 aromatic heterocycles. The lowest BCUT2D eigenvalue weighted by Gasteiger charge is -2.31. The fraction of sp³-hybridized carbons (Fsp3) is 0.650.